The first kappa shape index (κ1) is 17.4. The van der Waals surface area contributed by atoms with E-state index in [9.17, 15) is 4.79 Å². The summed E-state index contributed by atoms with van der Waals surface area (Å²) in [6.45, 7) is 4.95. The highest BCUT2D eigenvalue weighted by Crippen LogP contribution is 2.37. The smallest absolute Gasteiger partial charge is 0.238 e. The van der Waals surface area contributed by atoms with Gasteiger partial charge in [-0.2, -0.15) is 0 Å². The largest absolute Gasteiger partial charge is 0.377 e. The van der Waals surface area contributed by atoms with Gasteiger partial charge in [-0.05, 0) is 37.3 Å². The van der Waals surface area contributed by atoms with Gasteiger partial charge in [-0.3, -0.25) is 9.69 Å². The number of carbonyl (C=O) groups is 1. The van der Waals surface area contributed by atoms with Gasteiger partial charge < -0.3 is 14.8 Å². The van der Waals surface area contributed by atoms with E-state index in [0.29, 0.717) is 6.54 Å². The molecule has 3 rings (SSSR count). The Bertz CT molecular complexity index is 569. The van der Waals surface area contributed by atoms with Crippen LogP contribution in [-0.2, 0) is 20.7 Å². The van der Waals surface area contributed by atoms with E-state index in [4.69, 9.17) is 9.47 Å². The lowest BCUT2D eigenvalue weighted by molar-refractivity contribution is -0.145. The zero-order valence-electron chi connectivity index (χ0n) is 14.7. The molecule has 0 aromatic heterocycles. The lowest BCUT2D eigenvalue weighted by Crippen LogP contribution is -2.57. The van der Waals surface area contributed by atoms with Crippen molar-refractivity contribution in [3.63, 3.8) is 0 Å². The van der Waals surface area contributed by atoms with Gasteiger partial charge in [-0.1, -0.05) is 25.1 Å². The third-order valence-electron chi connectivity index (χ3n) is 5.32. The summed E-state index contributed by atoms with van der Waals surface area (Å²) in [5.74, 6) is 0.0362. The number of aryl methyl sites for hydroxylation is 1. The number of carbonyl (C=O) groups excluding carboxylic acids is 1. The number of hydrogen-bond donors (Lipinski definition) is 1. The molecular formula is C19H28N2O3. The van der Waals surface area contributed by atoms with Gasteiger partial charge in [0.2, 0.25) is 5.91 Å². The highest BCUT2D eigenvalue weighted by atomic mass is 16.5. The molecule has 1 amide bonds. The van der Waals surface area contributed by atoms with Crippen LogP contribution in [0.4, 0.5) is 5.69 Å². The van der Waals surface area contributed by atoms with Crippen molar-refractivity contribution in [3.05, 3.63) is 29.8 Å². The summed E-state index contributed by atoms with van der Waals surface area (Å²) >= 11 is 0. The van der Waals surface area contributed by atoms with E-state index in [0.717, 1.165) is 56.6 Å². The summed E-state index contributed by atoms with van der Waals surface area (Å²) in [4.78, 5) is 14.6. The number of ether oxygens (including phenoxy) is 2. The molecule has 5 nitrogen and oxygen atoms in total. The Hall–Kier alpha value is -1.43. The van der Waals surface area contributed by atoms with E-state index >= 15 is 0 Å². The summed E-state index contributed by atoms with van der Waals surface area (Å²) < 4.78 is 11.7. The molecule has 132 valence electrons. The van der Waals surface area contributed by atoms with E-state index in [-0.39, 0.29) is 17.6 Å². The minimum absolute atomic E-state index is 0.0362. The maximum Gasteiger partial charge on any atom is 0.238 e. The van der Waals surface area contributed by atoms with Crippen molar-refractivity contribution >= 4 is 11.6 Å². The van der Waals surface area contributed by atoms with Gasteiger partial charge in [0.1, 0.15) is 0 Å². The van der Waals surface area contributed by atoms with Crippen LogP contribution in [0.15, 0.2) is 24.3 Å². The second-order valence-corrected chi connectivity index (χ2v) is 6.79. The third-order valence-corrected chi connectivity index (χ3v) is 5.32. The lowest BCUT2D eigenvalue weighted by atomic mass is 9.86. The van der Waals surface area contributed by atoms with Gasteiger partial charge in [0, 0.05) is 32.5 Å². The number of amides is 1. The molecule has 1 aromatic carbocycles. The number of benzene rings is 1. The molecule has 0 bridgehead atoms. The van der Waals surface area contributed by atoms with Gasteiger partial charge in [0.15, 0.2) is 0 Å². The zero-order chi connectivity index (χ0) is 17.0. The number of likely N-dealkylation sites (tertiary alicyclic amines) is 1. The van der Waals surface area contributed by atoms with Gasteiger partial charge >= 0.3 is 0 Å². The average molecular weight is 332 g/mol. The quantitative estimate of drug-likeness (QED) is 0.900. The summed E-state index contributed by atoms with van der Waals surface area (Å²) in [6, 6.07) is 7.98. The van der Waals surface area contributed by atoms with Crippen LogP contribution in [-0.4, -0.2) is 55.9 Å². The van der Waals surface area contributed by atoms with E-state index < -0.39 is 0 Å². The molecule has 1 spiro atoms. The van der Waals surface area contributed by atoms with Crippen LogP contribution in [0.5, 0.6) is 0 Å². The summed E-state index contributed by atoms with van der Waals surface area (Å²) in [6.07, 6.45) is 4.06. The van der Waals surface area contributed by atoms with Crippen molar-refractivity contribution in [2.45, 2.75) is 44.3 Å². The highest BCUT2D eigenvalue weighted by molar-refractivity contribution is 5.93. The molecule has 2 aliphatic heterocycles. The van der Waals surface area contributed by atoms with Gasteiger partial charge in [0.05, 0.1) is 18.2 Å². The Morgan fingerprint density at radius 1 is 1.42 bits per heavy atom. The topological polar surface area (TPSA) is 50.8 Å². The molecule has 2 fully saturated rings. The molecule has 1 N–H and O–H groups in total. The van der Waals surface area contributed by atoms with Crippen LogP contribution >= 0.6 is 0 Å². The van der Waals surface area contributed by atoms with Gasteiger partial charge in [-0.15, -0.1) is 0 Å². The second kappa shape index (κ2) is 7.64. The maximum absolute atomic E-state index is 12.4. The number of piperidine rings is 1. The number of nitrogens with one attached hydrogen (secondary N) is 1. The SMILES string of the molecule is CCc1ccccc1NC(=O)CN1CC[C@@]2(CCCO2)[C@@H](OC)C1. The Kier molecular flexibility index (Phi) is 5.54. The van der Waals surface area contributed by atoms with E-state index in [2.05, 4.69) is 23.2 Å². The Balaban J connectivity index is 1.57. The molecule has 2 atom stereocenters. The predicted molar refractivity (Wildman–Crippen MR) is 94.2 cm³/mol. The Labute approximate surface area is 144 Å². The van der Waals surface area contributed by atoms with Crippen LogP contribution in [0.3, 0.4) is 0 Å². The monoisotopic (exact) mass is 332 g/mol. The van der Waals surface area contributed by atoms with Crippen LogP contribution in [0, 0.1) is 0 Å². The fraction of sp³-hybridized carbons (Fsp3) is 0.632. The standard InChI is InChI=1S/C19H28N2O3/c1-3-15-7-4-5-8-16(15)20-18(22)14-21-11-10-19(9-6-12-24-19)17(13-21)23-2/h4-5,7-8,17H,3,6,9-14H2,1-2H3,(H,20,22)/t17-,19-/m0/s1. The molecular weight excluding hydrogens is 304 g/mol. The number of anilines is 1. The normalized spacial score (nSPS) is 27.5. The molecule has 0 unspecified atom stereocenters. The predicted octanol–water partition coefficient (Wildman–Crippen LogP) is 2.46. The molecule has 2 aliphatic rings. The van der Waals surface area contributed by atoms with Crippen molar-refractivity contribution < 1.29 is 14.3 Å². The van der Waals surface area contributed by atoms with Gasteiger partial charge in [-0.25, -0.2) is 0 Å². The molecule has 0 aliphatic carbocycles. The Morgan fingerprint density at radius 2 is 2.25 bits per heavy atom. The van der Waals surface area contributed by atoms with Crippen molar-refractivity contribution in [2.75, 3.05) is 38.7 Å². The van der Waals surface area contributed by atoms with E-state index in [1.165, 1.54) is 0 Å². The van der Waals surface area contributed by atoms with Crippen LogP contribution < -0.4 is 5.32 Å². The zero-order valence-corrected chi connectivity index (χ0v) is 14.7. The fourth-order valence-corrected chi connectivity index (χ4v) is 3.95. The first-order valence-electron chi connectivity index (χ1n) is 8.94. The average Bonchev–Trinajstić information content (AvgIpc) is 3.06. The van der Waals surface area contributed by atoms with E-state index in [1.807, 2.05) is 18.2 Å². The first-order chi connectivity index (χ1) is 11.7. The Morgan fingerprint density at radius 3 is 2.96 bits per heavy atom. The van der Waals surface area contributed by atoms with Crippen molar-refractivity contribution in [1.82, 2.24) is 4.90 Å². The van der Waals surface area contributed by atoms with Crippen LogP contribution in [0.25, 0.3) is 0 Å². The minimum atomic E-state index is -0.128. The molecule has 24 heavy (non-hydrogen) atoms. The fourth-order valence-electron chi connectivity index (χ4n) is 3.95. The van der Waals surface area contributed by atoms with Crippen molar-refractivity contribution in [3.8, 4) is 0 Å². The van der Waals surface area contributed by atoms with Crippen LogP contribution in [0.2, 0.25) is 0 Å². The maximum atomic E-state index is 12.4. The number of rotatable bonds is 5. The molecule has 5 heteroatoms. The van der Waals surface area contributed by atoms with E-state index in [1.54, 1.807) is 7.11 Å². The number of methoxy groups -OCH3 is 1. The third kappa shape index (κ3) is 3.63. The van der Waals surface area contributed by atoms with Gasteiger partial charge in [0.25, 0.3) is 0 Å². The number of hydrogen-bond acceptors (Lipinski definition) is 4. The van der Waals surface area contributed by atoms with Crippen molar-refractivity contribution in [2.24, 2.45) is 0 Å². The lowest BCUT2D eigenvalue weighted by Gasteiger charge is -2.44. The van der Waals surface area contributed by atoms with Crippen molar-refractivity contribution in [1.29, 1.82) is 0 Å². The summed E-state index contributed by atoms with van der Waals surface area (Å²) in [5, 5.41) is 3.05. The minimum Gasteiger partial charge on any atom is -0.377 e. The molecule has 1 aromatic rings. The number of para-hydroxylation sites is 1. The first-order valence-corrected chi connectivity index (χ1v) is 8.94. The number of nitrogens with zero attached hydrogens (tertiary/aromatic N) is 1. The second-order valence-electron chi connectivity index (χ2n) is 6.79. The molecule has 2 heterocycles. The van der Waals surface area contributed by atoms with Crippen LogP contribution in [0.1, 0.15) is 31.7 Å². The molecule has 0 radical (unpaired) electrons. The molecule has 0 saturated carbocycles. The molecule has 2 saturated heterocycles. The highest BCUT2D eigenvalue weighted by Gasteiger charge is 2.46. The summed E-state index contributed by atoms with van der Waals surface area (Å²) in [7, 11) is 1.75. The summed E-state index contributed by atoms with van der Waals surface area (Å²) in [5.41, 5.74) is 1.95.